The number of fused-ring (bicyclic) bond motifs is 1. The highest BCUT2D eigenvalue weighted by atomic mass is 16.6. The molecule has 0 saturated heterocycles. The number of carbonyl (C=O) groups excluding carboxylic acids is 2. The molecule has 2 aromatic carbocycles. The fourth-order valence-corrected chi connectivity index (χ4v) is 2.22. The van der Waals surface area contributed by atoms with Crippen molar-refractivity contribution >= 4 is 28.9 Å². The minimum absolute atomic E-state index is 0.0886. The molecule has 1 heterocycles. The Morgan fingerprint density at radius 1 is 1.25 bits per heavy atom. The molecule has 0 bridgehead atoms. The average Bonchev–Trinajstić information content (AvgIpc) is 2.56. The van der Waals surface area contributed by atoms with Gasteiger partial charge in [0, 0.05) is 23.4 Å². The van der Waals surface area contributed by atoms with E-state index in [1.165, 1.54) is 24.3 Å². The van der Waals surface area contributed by atoms with Crippen molar-refractivity contribution in [3.63, 3.8) is 0 Å². The van der Waals surface area contributed by atoms with Crippen molar-refractivity contribution in [1.29, 1.82) is 0 Å². The third-order valence-electron chi connectivity index (χ3n) is 3.51. The Kier molecular flexibility index (Phi) is 3.87. The maximum Gasteiger partial charge on any atom is 0.269 e. The molecule has 0 radical (unpaired) electrons. The number of amides is 2. The largest absolute Gasteiger partial charge is 0.479 e. The van der Waals surface area contributed by atoms with Gasteiger partial charge in [-0.15, -0.1) is 0 Å². The second kappa shape index (κ2) is 5.99. The van der Waals surface area contributed by atoms with Crippen LogP contribution in [0.2, 0.25) is 0 Å². The van der Waals surface area contributed by atoms with Crippen molar-refractivity contribution in [1.82, 2.24) is 0 Å². The van der Waals surface area contributed by atoms with Gasteiger partial charge in [-0.3, -0.25) is 19.7 Å². The fourth-order valence-electron chi connectivity index (χ4n) is 2.22. The van der Waals surface area contributed by atoms with Gasteiger partial charge in [0.1, 0.15) is 5.75 Å². The number of non-ortho nitro benzene ring substituents is 1. The zero-order valence-electron chi connectivity index (χ0n) is 12.6. The Morgan fingerprint density at radius 3 is 2.62 bits per heavy atom. The molecule has 2 N–H and O–H groups in total. The zero-order chi connectivity index (χ0) is 17.3. The molecular weight excluding hydrogens is 314 g/mol. The number of nitrogens with zero attached hydrogens (tertiary/aromatic N) is 1. The van der Waals surface area contributed by atoms with Gasteiger partial charge in [-0.1, -0.05) is 0 Å². The Balaban J connectivity index is 1.76. The highest BCUT2D eigenvalue weighted by molar-refractivity contribution is 6.05. The Bertz CT molecular complexity index is 832. The molecular formula is C16H13N3O5. The standard InChI is InChI=1S/C16H13N3O5/c1-9-15(20)18-13-8-11(4-7-14(13)24-9)17-16(21)10-2-5-12(6-3-10)19(22)23/h2-9H,1H3,(H,17,21)(H,18,20)/t9-/m1/s1. The molecule has 0 fully saturated rings. The molecule has 0 unspecified atom stereocenters. The van der Waals surface area contributed by atoms with Crippen LogP contribution < -0.4 is 15.4 Å². The molecule has 0 aliphatic carbocycles. The minimum atomic E-state index is -0.571. The number of nitro benzene ring substituents is 1. The molecule has 1 aliphatic rings. The molecule has 0 aromatic heterocycles. The molecule has 8 heteroatoms. The normalized spacial score (nSPS) is 15.7. The molecule has 8 nitrogen and oxygen atoms in total. The van der Waals surface area contributed by atoms with E-state index >= 15 is 0 Å². The zero-order valence-corrected chi connectivity index (χ0v) is 12.6. The average molecular weight is 327 g/mol. The van der Waals surface area contributed by atoms with E-state index in [2.05, 4.69) is 10.6 Å². The first kappa shape index (κ1) is 15.5. The highest BCUT2D eigenvalue weighted by Crippen LogP contribution is 2.32. The summed E-state index contributed by atoms with van der Waals surface area (Å²) >= 11 is 0. The first-order valence-corrected chi connectivity index (χ1v) is 7.11. The topological polar surface area (TPSA) is 111 Å². The van der Waals surface area contributed by atoms with Crippen LogP contribution in [0.4, 0.5) is 17.1 Å². The van der Waals surface area contributed by atoms with E-state index in [0.29, 0.717) is 17.1 Å². The first-order valence-electron chi connectivity index (χ1n) is 7.11. The summed E-state index contributed by atoms with van der Waals surface area (Å²) in [5.74, 6) is -0.155. The molecule has 122 valence electrons. The minimum Gasteiger partial charge on any atom is -0.479 e. The van der Waals surface area contributed by atoms with Crippen LogP contribution in [0.5, 0.6) is 5.75 Å². The van der Waals surface area contributed by atoms with Crippen LogP contribution in [0, 0.1) is 10.1 Å². The van der Waals surface area contributed by atoms with Crippen molar-refractivity contribution in [3.05, 3.63) is 58.1 Å². The summed E-state index contributed by atoms with van der Waals surface area (Å²) < 4.78 is 5.44. The number of rotatable bonds is 3. The van der Waals surface area contributed by atoms with Gasteiger partial charge >= 0.3 is 0 Å². The smallest absolute Gasteiger partial charge is 0.269 e. The second-order valence-electron chi connectivity index (χ2n) is 5.22. The molecule has 1 aliphatic heterocycles. The van der Waals surface area contributed by atoms with Crippen molar-refractivity contribution in [2.45, 2.75) is 13.0 Å². The van der Waals surface area contributed by atoms with Gasteiger partial charge in [0.25, 0.3) is 17.5 Å². The second-order valence-corrected chi connectivity index (χ2v) is 5.22. The molecule has 0 spiro atoms. The molecule has 0 saturated carbocycles. The number of nitro groups is 1. The summed E-state index contributed by atoms with van der Waals surface area (Å²) in [4.78, 5) is 33.9. The van der Waals surface area contributed by atoms with Crippen molar-refractivity contribution < 1.29 is 19.2 Å². The van der Waals surface area contributed by atoms with Crippen molar-refractivity contribution in [3.8, 4) is 5.75 Å². The molecule has 3 rings (SSSR count). The fraction of sp³-hybridized carbons (Fsp3) is 0.125. The van der Waals surface area contributed by atoms with Gasteiger partial charge in [0.2, 0.25) is 0 Å². The number of ether oxygens (including phenoxy) is 1. The van der Waals surface area contributed by atoms with Gasteiger partial charge in [0.15, 0.2) is 6.10 Å². The van der Waals surface area contributed by atoms with Gasteiger partial charge < -0.3 is 15.4 Å². The number of nitrogens with one attached hydrogen (secondary N) is 2. The van der Waals surface area contributed by atoms with Crippen LogP contribution >= 0.6 is 0 Å². The quantitative estimate of drug-likeness (QED) is 0.665. The molecule has 2 aromatic rings. The van der Waals surface area contributed by atoms with Crippen LogP contribution in [-0.4, -0.2) is 22.8 Å². The van der Waals surface area contributed by atoms with Gasteiger partial charge in [-0.2, -0.15) is 0 Å². The summed E-state index contributed by atoms with van der Waals surface area (Å²) in [6, 6.07) is 10.1. The summed E-state index contributed by atoms with van der Waals surface area (Å²) in [6.45, 7) is 1.64. The SMILES string of the molecule is C[C@H]1Oc2ccc(NC(=O)c3ccc([N+](=O)[O-])cc3)cc2NC1=O. The Labute approximate surface area is 136 Å². The molecule has 1 atom stereocenters. The number of carbonyl (C=O) groups is 2. The predicted octanol–water partition coefficient (Wildman–Crippen LogP) is 2.57. The summed E-state index contributed by atoms with van der Waals surface area (Å²) in [5.41, 5.74) is 1.14. The maximum absolute atomic E-state index is 12.2. The third-order valence-corrected chi connectivity index (χ3v) is 3.51. The first-order chi connectivity index (χ1) is 11.4. The van der Waals surface area contributed by atoms with Crippen LogP contribution in [0.25, 0.3) is 0 Å². The lowest BCUT2D eigenvalue weighted by atomic mass is 10.1. The third kappa shape index (κ3) is 3.02. The van der Waals surface area contributed by atoms with E-state index in [-0.39, 0.29) is 17.2 Å². The van der Waals surface area contributed by atoms with E-state index in [4.69, 9.17) is 4.74 Å². The van der Waals surface area contributed by atoms with E-state index in [1.807, 2.05) is 0 Å². The van der Waals surface area contributed by atoms with Crippen molar-refractivity contribution in [2.24, 2.45) is 0 Å². The highest BCUT2D eigenvalue weighted by Gasteiger charge is 2.23. The summed E-state index contributed by atoms with van der Waals surface area (Å²) in [6.07, 6.45) is -0.571. The van der Waals surface area contributed by atoms with Gasteiger partial charge in [-0.25, -0.2) is 0 Å². The van der Waals surface area contributed by atoms with Crippen molar-refractivity contribution in [2.75, 3.05) is 10.6 Å². The number of hydrogen-bond acceptors (Lipinski definition) is 5. The summed E-state index contributed by atoms with van der Waals surface area (Å²) in [7, 11) is 0. The lowest BCUT2D eigenvalue weighted by Gasteiger charge is -2.23. The predicted molar refractivity (Wildman–Crippen MR) is 86.2 cm³/mol. The molecule has 2 amide bonds. The lowest BCUT2D eigenvalue weighted by molar-refractivity contribution is -0.384. The maximum atomic E-state index is 12.2. The van der Waals surface area contributed by atoms with E-state index in [0.717, 1.165) is 0 Å². The van der Waals surface area contributed by atoms with Crippen LogP contribution in [0.15, 0.2) is 42.5 Å². The van der Waals surface area contributed by atoms with E-state index in [9.17, 15) is 19.7 Å². The monoisotopic (exact) mass is 327 g/mol. The molecule has 24 heavy (non-hydrogen) atoms. The lowest BCUT2D eigenvalue weighted by Crippen LogP contribution is -2.34. The van der Waals surface area contributed by atoms with Crippen LogP contribution in [0.1, 0.15) is 17.3 Å². The van der Waals surface area contributed by atoms with Gasteiger partial charge in [-0.05, 0) is 37.3 Å². The summed E-state index contributed by atoms with van der Waals surface area (Å²) in [5, 5.41) is 16.0. The van der Waals surface area contributed by atoms with E-state index in [1.54, 1.807) is 25.1 Å². The van der Waals surface area contributed by atoms with Crippen LogP contribution in [0.3, 0.4) is 0 Å². The van der Waals surface area contributed by atoms with Gasteiger partial charge in [0.05, 0.1) is 10.6 Å². The number of anilines is 2. The number of hydrogen-bond donors (Lipinski definition) is 2. The van der Waals surface area contributed by atoms with E-state index < -0.39 is 16.9 Å². The number of benzene rings is 2. The Morgan fingerprint density at radius 2 is 1.96 bits per heavy atom. The van der Waals surface area contributed by atoms with Crippen LogP contribution in [-0.2, 0) is 4.79 Å². The Hall–Kier alpha value is -3.42.